The Balaban J connectivity index is 2.02. The lowest BCUT2D eigenvalue weighted by Crippen LogP contribution is -2.14. The maximum absolute atomic E-state index is 14.7. The summed E-state index contributed by atoms with van der Waals surface area (Å²) in [5.41, 5.74) is 2.38. The average Bonchev–Trinajstić information content (AvgIpc) is 3.23. The highest BCUT2D eigenvalue weighted by molar-refractivity contribution is 7.90. The van der Waals surface area contributed by atoms with Crippen molar-refractivity contribution in [3.05, 3.63) is 75.7 Å². The van der Waals surface area contributed by atoms with Gasteiger partial charge in [-0.05, 0) is 72.7 Å². The normalized spacial score (nSPS) is 16.4. The molecular formula is C21H18Cl2FNO2S. The van der Waals surface area contributed by atoms with E-state index in [0.717, 1.165) is 24.0 Å². The van der Waals surface area contributed by atoms with Crippen LogP contribution in [0.15, 0.2) is 53.6 Å². The second kappa shape index (κ2) is 7.21. The summed E-state index contributed by atoms with van der Waals surface area (Å²) >= 11 is 12.1. The Morgan fingerprint density at radius 3 is 2.61 bits per heavy atom. The standard InChI is InChI=1S/C21H18Cl2FNO2S/c1-2-13-6-8-17-19(13)12-25(21(17)18-11-15(23)7-9-20(18)24)28(26,27)16-5-3-4-14(22)10-16/h3-5,7,9-13H,2,6,8H2,1H3. The fourth-order valence-electron chi connectivity index (χ4n) is 3.94. The van der Waals surface area contributed by atoms with Crippen LogP contribution in [0.2, 0.25) is 10.0 Å². The zero-order valence-corrected chi connectivity index (χ0v) is 17.5. The van der Waals surface area contributed by atoms with Crippen molar-refractivity contribution < 1.29 is 12.8 Å². The summed E-state index contributed by atoms with van der Waals surface area (Å²) in [6.45, 7) is 2.07. The molecule has 1 heterocycles. The molecule has 0 N–H and O–H groups in total. The van der Waals surface area contributed by atoms with Gasteiger partial charge >= 0.3 is 0 Å². The molecule has 28 heavy (non-hydrogen) atoms. The Labute approximate surface area is 173 Å². The van der Waals surface area contributed by atoms with Crippen LogP contribution in [0, 0.1) is 5.82 Å². The van der Waals surface area contributed by atoms with Gasteiger partial charge in [-0.15, -0.1) is 0 Å². The molecule has 4 rings (SSSR count). The van der Waals surface area contributed by atoms with E-state index in [1.165, 1.54) is 34.3 Å². The van der Waals surface area contributed by atoms with Gasteiger partial charge in [0.2, 0.25) is 0 Å². The van der Waals surface area contributed by atoms with E-state index < -0.39 is 15.8 Å². The van der Waals surface area contributed by atoms with Crippen LogP contribution in [-0.2, 0) is 16.4 Å². The molecule has 0 fully saturated rings. The highest BCUT2D eigenvalue weighted by Gasteiger charge is 2.33. The van der Waals surface area contributed by atoms with Gasteiger partial charge in [-0.3, -0.25) is 0 Å². The molecule has 0 bridgehead atoms. The molecule has 3 aromatic rings. The van der Waals surface area contributed by atoms with Crippen LogP contribution in [0.3, 0.4) is 0 Å². The smallest absolute Gasteiger partial charge is 0.240 e. The third-order valence-electron chi connectivity index (χ3n) is 5.32. The molecule has 1 aromatic heterocycles. The number of aromatic nitrogens is 1. The molecule has 1 atom stereocenters. The summed E-state index contributed by atoms with van der Waals surface area (Å²) < 4.78 is 42.8. The van der Waals surface area contributed by atoms with Gasteiger partial charge in [0.1, 0.15) is 5.82 Å². The fourth-order valence-corrected chi connectivity index (χ4v) is 5.82. The lowest BCUT2D eigenvalue weighted by molar-refractivity contribution is 0.586. The van der Waals surface area contributed by atoms with Crippen LogP contribution in [-0.4, -0.2) is 12.4 Å². The van der Waals surface area contributed by atoms with Gasteiger partial charge in [-0.1, -0.05) is 36.2 Å². The molecule has 0 radical (unpaired) electrons. The Morgan fingerprint density at radius 2 is 1.89 bits per heavy atom. The van der Waals surface area contributed by atoms with Crippen molar-refractivity contribution in [3.63, 3.8) is 0 Å². The van der Waals surface area contributed by atoms with Crippen molar-refractivity contribution in [3.8, 4) is 11.3 Å². The minimum Gasteiger partial charge on any atom is -0.240 e. The topological polar surface area (TPSA) is 39.1 Å². The summed E-state index contributed by atoms with van der Waals surface area (Å²) in [6.07, 6.45) is 4.16. The first-order valence-corrected chi connectivity index (χ1v) is 11.2. The Kier molecular flexibility index (Phi) is 5.02. The summed E-state index contributed by atoms with van der Waals surface area (Å²) in [5, 5.41) is 0.672. The van der Waals surface area contributed by atoms with E-state index in [2.05, 4.69) is 6.92 Å². The van der Waals surface area contributed by atoms with Crippen molar-refractivity contribution in [2.45, 2.75) is 37.0 Å². The number of halogens is 3. The molecular weight excluding hydrogens is 420 g/mol. The van der Waals surface area contributed by atoms with Gasteiger partial charge in [0.05, 0.1) is 10.6 Å². The molecule has 3 nitrogen and oxygen atoms in total. The van der Waals surface area contributed by atoms with Gasteiger partial charge in [0.25, 0.3) is 10.0 Å². The number of nitrogens with zero attached hydrogens (tertiary/aromatic N) is 1. The van der Waals surface area contributed by atoms with Crippen LogP contribution in [0.4, 0.5) is 4.39 Å². The summed E-state index contributed by atoms with van der Waals surface area (Å²) in [4.78, 5) is 0.0606. The van der Waals surface area contributed by atoms with E-state index in [9.17, 15) is 12.8 Å². The van der Waals surface area contributed by atoms with Crippen molar-refractivity contribution in [2.24, 2.45) is 0 Å². The van der Waals surface area contributed by atoms with Gasteiger partial charge in [-0.25, -0.2) is 16.8 Å². The van der Waals surface area contributed by atoms with E-state index in [0.29, 0.717) is 22.2 Å². The molecule has 0 amide bonds. The third-order valence-corrected chi connectivity index (χ3v) is 7.45. The van der Waals surface area contributed by atoms with Gasteiger partial charge in [-0.2, -0.15) is 0 Å². The quantitative estimate of drug-likeness (QED) is 0.481. The fraction of sp³-hybridized carbons (Fsp3) is 0.238. The lowest BCUT2D eigenvalue weighted by Gasteiger charge is -2.14. The van der Waals surface area contributed by atoms with Gasteiger partial charge in [0, 0.05) is 21.8 Å². The first-order chi connectivity index (χ1) is 13.3. The highest BCUT2D eigenvalue weighted by atomic mass is 35.5. The zero-order chi connectivity index (χ0) is 20.1. The van der Waals surface area contributed by atoms with E-state index in [4.69, 9.17) is 23.2 Å². The van der Waals surface area contributed by atoms with Crippen molar-refractivity contribution in [1.82, 2.24) is 3.97 Å². The van der Waals surface area contributed by atoms with Gasteiger partial charge < -0.3 is 0 Å². The van der Waals surface area contributed by atoms with Crippen LogP contribution >= 0.6 is 23.2 Å². The zero-order valence-electron chi connectivity index (χ0n) is 15.1. The second-order valence-corrected chi connectivity index (χ2v) is 9.63. The monoisotopic (exact) mass is 437 g/mol. The molecule has 0 aliphatic heterocycles. The van der Waals surface area contributed by atoms with Gasteiger partial charge in [0.15, 0.2) is 0 Å². The summed E-state index contributed by atoms with van der Waals surface area (Å²) in [5.74, 6) is -0.250. The predicted molar refractivity (Wildman–Crippen MR) is 110 cm³/mol. The first kappa shape index (κ1) is 19.5. The number of rotatable bonds is 4. The average molecular weight is 438 g/mol. The third kappa shape index (κ3) is 3.15. The highest BCUT2D eigenvalue weighted by Crippen LogP contribution is 2.44. The maximum Gasteiger partial charge on any atom is 0.268 e. The summed E-state index contributed by atoms with van der Waals surface area (Å²) in [6, 6.07) is 10.3. The Bertz CT molecular complexity index is 1170. The van der Waals surface area contributed by atoms with Crippen molar-refractivity contribution >= 4 is 33.2 Å². The Hall–Kier alpha value is -1.82. The van der Waals surface area contributed by atoms with Crippen LogP contribution in [0.5, 0.6) is 0 Å². The minimum atomic E-state index is -3.96. The van der Waals surface area contributed by atoms with E-state index in [1.54, 1.807) is 18.3 Å². The van der Waals surface area contributed by atoms with E-state index in [-0.39, 0.29) is 16.4 Å². The van der Waals surface area contributed by atoms with E-state index in [1.807, 2.05) is 0 Å². The molecule has 1 aliphatic carbocycles. The second-order valence-electron chi connectivity index (χ2n) is 6.94. The SMILES string of the molecule is CCC1CCc2c1cn(S(=O)(=O)c1cccc(Cl)c1)c2-c1cc(Cl)ccc1F. The molecule has 0 saturated heterocycles. The van der Waals surface area contributed by atoms with Crippen LogP contribution in [0.1, 0.15) is 36.8 Å². The number of hydrogen-bond donors (Lipinski definition) is 0. The molecule has 2 aromatic carbocycles. The number of fused-ring (bicyclic) bond motifs is 1. The largest absolute Gasteiger partial charge is 0.268 e. The van der Waals surface area contributed by atoms with Crippen molar-refractivity contribution in [2.75, 3.05) is 0 Å². The summed E-state index contributed by atoms with van der Waals surface area (Å²) in [7, 11) is -3.96. The Morgan fingerprint density at radius 1 is 1.14 bits per heavy atom. The lowest BCUT2D eigenvalue weighted by atomic mass is 10.0. The number of hydrogen-bond acceptors (Lipinski definition) is 2. The molecule has 1 aliphatic rings. The molecule has 1 unspecified atom stereocenters. The van der Waals surface area contributed by atoms with Crippen LogP contribution < -0.4 is 0 Å². The van der Waals surface area contributed by atoms with Crippen molar-refractivity contribution in [1.29, 1.82) is 0 Å². The maximum atomic E-state index is 14.7. The first-order valence-electron chi connectivity index (χ1n) is 9.03. The molecule has 0 spiro atoms. The van der Waals surface area contributed by atoms with E-state index >= 15 is 0 Å². The molecule has 7 heteroatoms. The molecule has 0 saturated carbocycles. The minimum absolute atomic E-state index is 0.0606. The molecule has 146 valence electrons. The number of benzene rings is 2. The predicted octanol–water partition coefficient (Wildman–Crippen LogP) is 6.28. The van der Waals surface area contributed by atoms with Crippen LogP contribution in [0.25, 0.3) is 11.3 Å².